The van der Waals surface area contributed by atoms with Crippen LogP contribution in [0.2, 0.25) is 0 Å². The number of carbonyl (C=O) groups excluding carboxylic acids is 2. The summed E-state index contributed by atoms with van der Waals surface area (Å²) in [5.74, 6) is -0.0871. The molecule has 3 amide bonds. The lowest BCUT2D eigenvalue weighted by molar-refractivity contribution is -0.138. The van der Waals surface area contributed by atoms with Crippen LogP contribution < -0.4 is 5.73 Å². The van der Waals surface area contributed by atoms with E-state index in [-0.39, 0.29) is 24.5 Å². The van der Waals surface area contributed by atoms with Gasteiger partial charge >= 0.3 is 6.03 Å². The van der Waals surface area contributed by atoms with Gasteiger partial charge in [0.25, 0.3) is 0 Å². The average Bonchev–Trinajstić information content (AvgIpc) is 2.86. The first-order chi connectivity index (χ1) is 8.63. The summed E-state index contributed by atoms with van der Waals surface area (Å²) in [7, 11) is 0. The Balaban J connectivity index is 1.98. The van der Waals surface area contributed by atoms with Crippen molar-refractivity contribution >= 4 is 11.9 Å². The van der Waals surface area contributed by atoms with Crippen molar-refractivity contribution in [3.63, 3.8) is 0 Å². The van der Waals surface area contributed by atoms with Crippen LogP contribution in [0.3, 0.4) is 0 Å². The molecule has 0 spiro atoms. The Labute approximate surface area is 107 Å². The molecule has 0 bridgehead atoms. The molecular weight excluding hydrogens is 234 g/mol. The highest BCUT2D eigenvalue weighted by Gasteiger charge is 2.35. The van der Waals surface area contributed by atoms with Crippen LogP contribution in [-0.4, -0.2) is 59.1 Å². The fourth-order valence-corrected chi connectivity index (χ4v) is 2.93. The minimum atomic E-state index is -0.451. The molecule has 102 valence electrons. The molecule has 2 unspecified atom stereocenters. The number of nitrogens with zero attached hydrogens (tertiary/aromatic N) is 2. The number of amides is 3. The fourth-order valence-electron chi connectivity index (χ4n) is 2.93. The number of urea groups is 1. The molecule has 18 heavy (non-hydrogen) atoms. The van der Waals surface area contributed by atoms with Crippen LogP contribution in [0.4, 0.5) is 4.79 Å². The van der Waals surface area contributed by atoms with E-state index in [4.69, 9.17) is 5.73 Å². The zero-order valence-corrected chi connectivity index (χ0v) is 10.5. The largest absolute Gasteiger partial charge is 0.394 e. The van der Waals surface area contributed by atoms with E-state index in [0.717, 1.165) is 32.2 Å². The Morgan fingerprint density at radius 3 is 2.61 bits per heavy atom. The molecule has 0 radical (unpaired) electrons. The summed E-state index contributed by atoms with van der Waals surface area (Å²) >= 11 is 0. The van der Waals surface area contributed by atoms with Gasteiger partial charge in [-0.2, -0.15) is 0 Å². The topological polar surface area (TPSA) is 86.9 Å². The summed E-state index contributed by atoms with van der Waals surface area (Å²) in [6, 6.07) is -0.492. The molecule has 2 heterocycles. The van der Waals surface area contributed by atoms with Crippen LogP contribution in [0.25, 0.3) is 0 Å². The zero-order chi connectivity index (χ0) is 13.1. The van der Waals surface area contributed by atoms with E-state index in [1.807, 2.05) is 0 Å². The number of hydrogen-bond acceptors (Lipinski definition) is 3. The van der Waals surface area contributed by atoms with Crippen molar-refractivity contribution in [2.24, 2.45) is 11.7 Å². The van der Waals surface area contributed by atoms with E-state index in [1.165, 1.54) is 4.90 Å². The monoisotopic (exact) mass is 255 g/mol. The molecule has 2 fully saturated rings. The minimum absolute atomic E-state index is 0.0258. The molecular formula is C12H21N3O3. The third kappa shape index (κ3) is 2.58. The van der Waals surface area contributed by atoms with E-state index in [9.17, 15) is 14.7 Å². The van der Waals surface area contributed by atoms with Gasteiger partial charge in [-0.15, -0.1) is 0 Å². The van der Waals surface area contributed by atoms with Gasteiger partial charge in [0.1, 0.15) is 0 Å². The number of rotatable bonds is 2. The smallest absolute Gasteiger partial charge is 0.314 e. The molecule has 0 aromatic carbocycles. The van der Waals surface area contributed by atoms with Gasteiger partial charge in [-0.25, -0.2) is 4.79 Å². The Kier molecular flexibility index (Phi) is 4.06. The number of nitrogens with two attached hydrogens (primary N) is 1. The fraction of sp³-hybridized carbons (Fsp3) is 0.833. The zero-order valence-electron chi connectivity index (χ0n) is 10.5. The summed E-state index contributed by atoms with van der Waals surface area (Å²) in [6.45, 7) is 1.81. The maximum absolute atomic E-state index is 12.4. The van der Waals surface area contributed by atoms with Gasteiger partial charge in [0, 0.05) is 19.6 Å². The van der Waals surface area contributed by atoms with Crippen molar-refractivity contribution in [3.05, 3.63) is 0 Å². The maximum Gasteiger partial charge on any atom is 0.314 e. The predicted molar refractivity (Wildman–Crippen MR) is 65.7 cm³/mol. The summed E-state index contributed by atoms with van der Waals surface area (Å²) in [6.07, 6.45) is 3.44. The molecule has 2 rings (SSSR count). The van der Waals surface area contributed by atoms with E-state index in [0.29, 0.717) is 13.1 Å². The molecule has 3 N–H and O–H groups in total. The predicted octanol–water partition coefficient (Wildman–Crippen LogP) is -0.240. The number of carbonyl (C=O) groups is 2. The van der Waals surface area contributed by atoms with Crippen molar-refractivity contribution in [1.29, 1.82) is 0 Å². The first-order valence-electron chi connectivity index (χ1n) is 6.59. The second kappa shape index (κ2) is 5.56. The molecule has 2 atom stereocenters. The quantitative estimate of drug-likeness (QED) is 0.714. The van der Waals surface area contributed by atoms with E-state index in [1.54, 1.807) is 4.90 Å². The van der Waals surface area contributed by atoms with Crippen LogP contribution in [0.15, 0.2) is 0 Å². The molecule has 2 aliphatic rings. The Hall–Kier alpha value is -1.30. The standard InChI is InChI=1S/C12H21N3O3/c13-12(18)14-5-1-3-9(7-14)11(17)15-6-2-4-10(15)8-16/h9-10,16H,1-8H2,(H2,13,18). The van der Waals surface area contributed by atoms with Crippen LogP contribution in [-0.2, 0) is 4.79 Å². The van der Waals surface area contributed by atoms with Gasteiger partial charge in [0.05, 0.1) is 18.6 Å². The van der Waals surface area contributed by atoms with Crippen LogP contribution in [0, 0.1) is 5.92 Å². The lowest BCUT2D eigenvalue weighted by atomic mass is 9.96. The van der Waals surface area contributed by atoms with Crippen molar-refractivity contribution in [2.45, 2.75) is 31.7 Å². The normalized spacial score (nSPS) is 28.5. The highest BCUT2D eigenvalue weighted by atomic mass is 16.3. The number of hydrogen-bond donors (Lipinski definition) is 2. The molecule has 0 aliphatic carbocycles. The number of aliphatic hydroxyl groups excluding tert-OH is 1. The Morgan fingerprint density at radius 2 is 1.94 bits per heavy atom. The van der Waals surface area contributed by atoms with Gasteiger partial charge in [0.2, 0.25) is 5.91 Å². The molecule has 0 saturated carbocycles. The van der Waals surface area contributed by atoms with Crippen molar-refractivity contribution in [1.82, 2.24) is 9.80 Å². The molecule has 0 aromatic heterocycles. The molecule has 6 heteroatoms. The highest BCUT2D eigenvalue weighted by molar-refractivity contribution is 5.81. The van der Waals surface area contributed by atoms with Crippen LogP contribution in [0.1, 0.15) is 25.7 Å². The summed E-state index contributed by atoms with van der Waals surface area (Å²) < 4.78 is 0. The summed E-state index contributed by atoms with van der Waals surface area (Å²) in [5.41, 5.74) is 5.26. The maximum atomic E-state index is 12.4. The van der Waals surface area contributed by atoms with Crippen molar-refractivity contribution in [3.8, 4) is 0 Å². The van der Waals surface area contributed by atoms with Gasteiger partial charge in [-0.1, -0.05) is 0 Å². The average molecular weight is 255 g/mol. The molecule has 6 nitrogen and oxygen atoms in total. The number of piperidine rings is 1. The van der Waals surface area contributed by atoms with E-state index >= 15 is 0 Å². The molecule has 2 saturated heterocycles. The first kappa shape index (κ1) is 13.1. The van der Waals surface area contributed by atoms with Gasteiger partial charge in [-0.3, -0.25) is 4.79 Å². The summed E-state index contributed by atoms with van der Waals surface area (Å²) in [4.78, 5) is 26.8. The van der Waals surface area contributed by atoms with E-state index in [2.05, 4.69) is 0 Å². The highest BCUT2D eigenvalue weighted by Crippen LogP contribution is 2.24. The molecule has 0 aromatic rings. The lowest BCUT2D eigenvalue weighted by Gasteiger charge is -2.34. The Bertz CT molecular complexity index is 335. The Morgan fingerprint density at radius 1 is 1.22 bits per heavy atom. The van der Waals surface area contributed by atoms with E-state index < -0.39 is 6.03 Å². The van der Waals surface area contributed by atoms with Crippen LogP contribution >= 0.6 is 0 Å². The number of aliphatic hydroxyl groups is 1. The van der Waals surface area contributed by atoms with Crippen molar-refractivity contribution < 1.29 is 14.7 Å². The second-order valence-corrected chi connectivity index (χ2v) is 5.13. The first-order valence-corrected chi connectivity index (χ1v) is 6.59. The van der Waals surface area contributed by atoms with Gasteiger partial charge in [-0.05, 0) is 25.7 Å². The minimum Gasteiger partial charge on any atom is -0.394 e. The van der Waals surface area contributed by atoms with Crippen LogP contribution in [0.5, 0.6) is 0 Å². The third-order valence-corrected chi connectivity index (χ3v) is 3.95. The third-order valence-electron chi connectivity index (χ3n) is 3.95. The van der Waals surface area contributed by atoms with Gasteiger partial charge in [0.15, 0.2) is 0 Å². The molecule has 2 aliphatic heterocycles. The lowest BCUT2D eigenvalue weighted by Crippen LogP contribution is -2.49. The summed E-state index contributed by atoms with van der Waals surface area (Å²) in [5, 5.41) is 9.25. The SMILES string of the molecule is NC(=O)N1CCCC(C(=O)N2CCCC2CO)C1. The van der Waals surface area contributed by atoms with Crippen molar-refractivity contribution in [2.75, 3.05) is 26.2 Å². The second-order valence-electron chi connectivity index (χ2n) is 5.13. The van der Waals surface area contributed by atoms with Gasteiger partial charge < -0.3 is 20.6 Å². The number of likely N-dealkylation sites (tertiary alicyclic amines) is 2. The number of primary amides is 1.